The maximum absolute atomic E-state index is 5.78. The molecular formula is C24H35NO2. The molecule has 3 heteroatoms. The fourth-order valence-corrected chi connectivity index (χ4v) is 2.71. The average molecular weight is 370 g/mol. The van der Waals surface area contributed by atoms with Crippen molar-refractivity contribution in [1.82, 2.24) is 5.32 Å². The first-order chi connectivity index (χ1) is 12.7. The third-order valence-electron chi connectivity index (χ3n) is 4.54. The van der Waals surface area contributed by atoms with E-state index in [0.717, 1.165) is 24.6 Å². The number of hydrogen-bond acceptors (Lipinski definition) is 3. The Morgan fingerprint density at radius 2 is 0.926 bits per heavy atom. The molecule has 0 amide bonds. The Morgan fingerprint density at radius 3 is 1.22 bits per heavy atom. The normalized spacial score (nSPS) is 12.1. The van der Waals surface area contributed by atoms with Crippen LogP contribution in [-0.4, -0.2) is 26.3 Å². The van der Waals surface area contributed by atoms with Crippen LogP contribution >= 0.6 is 0 Å². The Morgan fingerprint density at radius 1 is 0.593 bits per heavy atom. The van der Waals surface area contributed by atoms with E-state index in [1.807, 2.05) is 24.3 Å². The molecule has 1 N–H and O–H groups in total. The van der Waals surface area contributed by atoms with Crippen LogP contribution in [0.5, 0.6) is 11.5 Å². The second-order valence-electron chi connectivity index (χ2n) is 9.00. The minimum atomic E-state index is 0.174. The summed E-state index contributed by atoms with van der Waals surface area (Å²) in [6, 6.07) is 16.7. The monoisotopic (exact) mass is 369 g/mol. The zero-order valence-corrected chi connectivity index (χ0v) is 17.8. The van der Waals surface area contributed by atoms with Gasteiger partial charge in [-0.05, 0) is 46.2 Å². The van der Waals surface area contributed by atoms with Crippen molar-refractivity contribution in [3.05, 3.63) is 59.7 Å². The molecule has 0 unspecified atom stereocenters. The summed E-state index contributed by atoms with van der Waals surface area (Å²) in [4.78, 5) is 0. The molecule has 0 radical (unpaired) electrons. The zero-order valence-electron chi connectivity index (χ0n) is 17.8. The summed E-state index contributed by atoms with van der Waals surface area (Å²) in [6.07, 6.45) is 0. The van der Waals surface area contributed by atoms with Gasteiger partial charge in [0, 0.05) is 13.1 Å². The Hall–Kier alpha value is -2.00. The van der Waals surface area contributed by atoms with Crippen LogP contribution in [0.15, 0.2) is 48.5 Å². The fraction of sp³-hybridized carbons (Fsp3) is 0.500. The van der Waals surface area contributed by atoms with E-state index >= 15 is 0 Å². The maximum atomic E-state index is 5.78. The summed E-state index contributed by atoms with van der Waals surface area (Å²) in [7, 11) is 0. The van der Waals surface area contributed by atoms with Crippen LogP contribution in [0.3, 0.4) is 0 Å². The predicted octanol–water partition coefficient (Wildman–Crippen LogP) is 5.33. The number of hydrogen-bond donors (Lipinski definition) is 1. The van der Waals surface area contributed by atoms with E-state index in [1.54, 1.807) is 0 Å². The van der Waals surface area contributed by atoms with Gasteiger partial charge in [-0.3, -0.25) is 0 Å². The molecule has 0 aliphatic carbocycles. The van der Waals surface area contributed by atoms with Crippen LogP contribution in [0.25, 0.3) is 0 Å². The number of rotatable bonds is 8. The van der Waals surface area contributed by atoms with Crippen LogP contribution in [0, 0.1) is 0 Å². The topological polar surface area (TPSA) is 30.5 Å². The highest BCUT2D eigenvalue weighted by Gasteiger charge is 2.13. The Bertz CT molecular complexity index is 615. The molecule has 0 heterocycles. The first-order valence-electron chi connectivity index (χ1n) is 9.84. The molecular weight excluding hydrogens is 334 g/mol. The van der Waals surface area contributed by atoms with E-state index in [1.165, 1.54) is 11.1 Å². The van der Waals surface area contributed by atoms with E-state index < -0.39 is 0 Å². The Kier molecular flexibility index (Phi) is 7.32. The third-order valence-corrected chi connectivity index (χ3v) is 4.54. The Balaban J connectivity index is 1.60. The lowest BCUT2D eigenvalue weighted by atomic mass is 9.87. The molecule has 0 aromatic heterocycles. The van der Waals surface area contributed by atoms with Crippen LogP contribution in [0.1, 0.15) is 52.7 Å². The molecule has 3 nitrogen and oxygen atoms in total. The minimum Gasteiger partial charge on any atom is -0.492 e. The van der Waals surface area contributed by atoms with Gasteiger partial charge in [0.1, 0.15) is 24.7 Å². The minimum absolute atomic E-state index is 0.174. The molecule has 0 atom stereocenters. The quantitative estimate of drug-likeness (QED) is 0.638. The van der Waals surface area contributed by atoms with Crippen LogP contribution in [0.2, 0.25) is 0 Å². The van der Waals surface area contributed by atoms with E-state index in [9.17, 15) is 0 Å². The van der Waals surface area contributed by atoms with Gasteiger partial charge in [-0.1, -0.05) is 65.8 Å². The van der Waals surface area contributed by atoms with Gasteiger partial charge in [0.2, 0.25) is 0 Å². The van der Waals surface area contributed by atoms with E-state index in [2.05, 4.69) is 71.1 Å². The molecule has 2 aromatic rings. The molecule has 0 aliphatic rings. The lowest BCUT2D eigenvalue weighted by Crippen LogP contribution is -2.25. The van der Waals surface area contributed by atoms with Gasteiger partial charge in [-0.2, -0.15) is 0 Å². The molecule has 0 saturated carbocycles. The number of nitrogens with one attached hydrogen (secondary N) is 1. The number of ether oxygens (including phenoxy) is 2. The summed E-state index contributed by atoms with van der Waals surface area (Å²) in [6.45, 7) is 16.2. The smallest absolute Gasteiger partial charge is 0.119 e. The SMILES string of the molecule is CC(C)(C)c1ccc(OCCNCCOc2ccc(C(C)(C)C)cc2)cc1. The van der Waals surface area contributed by atoms with Gasteiger partial charge in [0.05, 0.1) is 0 Å². The van der Waals surface area contributed by atoms with Crippen molar-refractivity contribution in [1.29, 1.82) is 0 Å². The van der Waals surface area contributed by atoms with Crippen molar-refractivity contribution in [2.75, 3.05) is 26.3 Å². The highest BCUT2D eigenvalue weighted by molar-refractivity contribution is 5.31. The zero-order chi connectivity index (χ0) is 19.9. The van der Waals surface area contributed by atoms with E-state index in [-0.39, 0.29) is 10.8 Å². The van der Waals surface area contributed by atoms with Gasteiger partial charge in [-0.15, -0.1) is 0 Å². The van der Waals surface area contributed by atoms with E-state index in [4.69, 9.17) is 9.47 Å². The molecule has 2 rings (SSSR count). The summed E-state index contributed by atoms with van der Waals surface area (Å²) in [5, 5.41) is 3.35. The second kappa shape index (κ2) is 9.27. The molecule has 2 aromatic carbocycles. The first-order valence-corrected chi connectivity index (χ1v) is 9.84. The van der Waals surface area contributed by atoms with Crippen molar-refractivity contribution in [2.24, 2.45) is 0 Å². The largest absolute Gasteiger partial charge is 0.492 e. The Labute approximate surface area is 165 Å². The third kappa shape index (κ3) is 7.26. The molecule has 27 heavy (non-hydrogen) atoms. The van der Waals surface area contributed by atoms with Crippen LogP contribution < -0.4 is 14.8 Å². The maximum Gasteiger partial charge on any atom is 0.119 e. The second-order valence-corrected chi connectivity index (χ2v) is 9.00. The van der Waals surface area contributed by atoms with Crippen molar-refractivity contribution in [3.8, 4) is 11.5 Å². The highest BCUT2D eigenvalue weighted by Crippen LogP contribution is 2.25. The molecule has 0 spiro atoms. The van der Waals surface area contributed by atoms with Gasteiger partial charge in [0.25, 0.3) is 0 Å². The van der Waals surface area contributed by atoms with Gasteiger partial charge < -0.3 is 14.8 Å². The number of benzene rings is 2. The van der Waals surface area contributed by atoms with Gasteiger partial charge >= 0.3 is 0 Å². The van der Waals surface area contributed by atoms with Crippen LogP contribution in [0.4, 0.5) is 0 Å². The molecule has 148 valence electrons. The molecule has 0 aliphatic heterocycles. The van der Waals surface area contributed by atoms with Gasteiger partial charge in [-0.25, -0.2) is 0 Å². The van der Waals surface area contributed by atoms with E-state index in [0.29, 0.717) is 13.2 Å². The highest BCUT2D eigenvalue weighted by atomic mass is 16.5. The molecule has 0 saturated heterocycles. The summed E-state index contributed by atoms with van der Waals surface area (Å²) in [5.41, 5.74) is 2.99. The standard InChI is InChI=1S/C24H35NO2/c1-23(2,3)19-7-11-21(12-8-19)26-17-15-25-16-18-27-22-13-9-20(10-14-22)24(4,5)6/h7-14,25H,15-18H2,1-6H3. The van der Waals surface area contributed by atoms with Crippen molar-refractivity contribution in [3.63, 3.8) is 0 Å². The lowest BCUT2D eigenvalue weighted by molar-refractivity contribution is 0.289. The predicted molar refractivity (Wildman–Crippen MR) is 114 cm³/mol. The molecule has 0 bridgehead atoms. The summed E-state index contributed by atoms with van der Waals surface area (Å²) in [5.74, 6) is 1.83. The van der Waals surface area contributed by atoms with Crippen LogP contribution in [-0.2, 0) is 10.8 Å². The molecule has 0 fully saturated rings. The fourth-order valence-electron chi connectivity index (χ4n) is 2.71. The summed E-state index contributed by atoms with van der Waals surface area (Å²) < 4.78 is 11.6. The van der Waals surface area contributed by atoms with Crippen molar-refractivity contribution in [2.45, 2.75) is 52.4 Å². The van der Waals surface area contributed by atoms with Crippen molar-refractivity contribution < 1.29 is 9.47 Å². The van der Waals surface area contributed by atoms with Gasteiger partial charge in [0.15, 0.2) is 0 Å². The first kappa shape index (κ1) is 21.3. The average Bonchev–Trinajstić information content (AvgIpc) is 2.60. The lowest BCUT2D eigenvalue weighted by Gasteiger charge is -2.19. The summed E-state index contributed by atoms with van der Waals surface area (Å²) >= 11 is 0. The van der Waals surface area contributed by atoms with Crippen molar-refractivity contribution >= 4 is 0 Å².